The molecule has 33 heavy (non-hydrogen) atoms. The highest BCUT2D eigenvalue weighted by molar-refractivity contribution is 9.10. The highest BCUT2D eigenvalue weighted by atomic mass is 79.9. The molecule has 0 atom stereocenters. The molecule has 0 bridgehead atoms. The third kappa shape index (κ3) is 6.65. The molecule has 0 aliphatic rings. The molecular formula is C23H20BrCl2N3O3S. The number of hydrogen-bond donors (Lipinski definition) is 1. The average molecular weight is 569 g/mol. The van der Waals surface area contributed by atoms with Crippen molar-refractivity contribution in [3.63, 3.8) is 0 Å². The van der Waals surface area contributed by atoms with E-state index in [9.17, 15) is 13.2 Å². The van der Waals surface area contributed by atoms with Crippen LogP contribution in [0.2, 0.25) is 10.0 Å². The van der Waals surface area contributed by atoms with E-state index in [0.29, 0.717) is 15.6 Å². The zero-order valence-electron chi connectivity index (χ0n) is 17.5. The number of carbonyl (C=O) groups excluding carboxylic acids is 1. The Morgan fingerprint density at radius 2 is 1.67 bits per heavy atom. The maximum Gasteiger partial charge on any atom is 0.255 e. The molecule has 0 radical (unpaired) electrons. The van der Waals surface area contributed by atoms with Crippen molar-refractivity contribution in [2.75, 3.05) is 6.54 Å². The maximum absolute atomic E-state index is 13.4. The van der Waals surface area contributed by atoms with Gasteiger partial charge in [-0.1, -0.05) is 81.1 Å². The first-order valence-corrected chi connectivity index (χ1v) is 12.7. The highest BCUT2D eigenvalue weighted by Gasteiger charge is 2.28. The SMILES string of the molecule is Cc1ccc(S(=O)(=O)N(CC(=O)N/N=C\c2ccccc2Br)Cc2c(Cl)cccc2Cl)cc1. The topological polar surface area (TPSA) is 78.8 Å². The molecule has 1 amide bonds. The maximum atomic E-state index is 13.4. The molecule has 0 saturated carbocycles. The van der Waals surface area contributed by atoms with E-state index in [2.05, 4.69) is 26.5 Å². The Balaban J connectivity index is 1.85. The molecule has 10 heteroatoms. The summed E-state index contributed by atoms with van der Waals surface area (Å²) in [5, 5.41) is 4.55. The quantitative estimate of drug-likeness (QED) is 0.292. The second kappa shape index (κ2) is 11.3. The fraction of sp³-hybridized carbons (Fsp3) is 0.130. The predicted molar refractivity (Wildman–Crippen MR) is 135 cm³/mol. The van der Waals surface area contributed by atoms with Crippen molar-refractivity contribution in [3.05, 3.63) is 97.9 Å². The van der Waals surface area contributed by atoms with E-state index in [4.69, 9.17) is 23.2 Å². The second-order valence-corrected chi connectivity index (χ2v) is 10.7. The Hall–Kier alpha value is -2.23. The second-order valence-electron chi connectivity index (χ2n) is 7.10. The van der Waals surface area contributed by atoms with Crippen molar-refractivity contribution in [2.45, 2.75) is 18.4 Å². The number of amides is 1. The van der Waals surface area contributed by atoms with Crippen LogP contribution in [0.3, 0.4) is 0 Å². The van der Waals surface area contributed by atoms with Crippen molar-refractivity contribution < 1.29 is 13.2 Å². The van der Waals surface area contributed by atoms with E-state index in [1.54, 1.807) is 30.3 Å². The van der Waals surface area contributed by atoms with Gasteiger partial charge in [0.05, 0.1) is 17.7 Å². The third-order valence-electron chi connectivity index (χ3n) is 4.67. The van der Waals surface area contributed by atoms with Gasteiger partial charge in [0.1, 0.15) is 0 Å². The van der Waals surface area contributed by atoms with Gasteiger partial charge < -0.3 is 0 Å². The Morgan fingerprint density at radius 1 is 1.03 bits per heavy atom. The summed E-state index contributed by atoms with van der Waals surface area (Å²) in [6, 6.07) is 18.6. The molecule has 0 aliphatic carbocycles. The minimum atomic E-state index is -4.03. The van der Waals surface area contributed by atoms with E-state index in [1.807, 2.05) is 31.2 Å². The molecule has 0 heterocycles. The largest absolute Gasteiger partial charge is 0.272 e. The third-order valence-corrected chi connectivity index (χ3v) is 7.91. The van der Waals surface area contributed by atoms with Gasteiger partial charge in [-0.15, -0.1) is 0 Å². The molecule has 3 aromatic rings. The number of aryl methyl sites for hydroxylation is 1. The lowest BCUT2D eigenvalue weighted by Crippen LogP contribution is -2.39. The average Bonchev–Trinajstić information content (AvgIpc) is 2.77. The number of hydrazone groups is 1. The van der Waals surface area contributed by atoms with Crippen LogP contribution in [0.5, 0.6) is 0 Å². The molecule has 3 aromatic carbocycles. The van der Waals surface area contributed by atoms with Crippen LogP contribution in [0, 0.1) is 6.92 Å². The number of nitrogens with zero attached hydrogens (tertiary/aromatic N) is 2. The van der Waals surface area contributed by atoms with E-state index in [0.717, 1.165) is 19.9 Å². The highest BCUT2D eigenvalue weighted by Crippen LogP contribution is 2.28. The molecule has 172 valence electrons. The van der Waals surface area contributed by atoms with Crippen LogP contribution in [0.4, 0.5) is 0 Å². The van der Waals surface area contributed by atoms with Crippen LogP contribution in [0.25, 0.3) is 0 Å². The van der Waals surface area contributed by atoms with Crippen LogP contribution in [-0.4, -0.2) is 31.4 Å². The summed E-state index contributed by atoms with van der Waals surface area (Å²) in [6.07, 6.45) is 1.46. The Labute approximate surface area is 211 Å². The Morgan fingerprint density at radius 3 is 2.30 bits per heavy atom. The van der Waals surface area contributed by atoms with Gasteiger partial charge in [-0.2, -0.15) is 9.41 Å². The minimum absolute atomic E-state index is 0.0563. The summed E-state index contributed by atoms with van der Waals surface area (Å²) < 4.78 is 28.5. The van der Waals surface area contributed by atoms with Gasteiger partial charge in [0.15, 0.2) is 0 Å². The van der Waals surface area contributed by atoms with Gasteiger partial charge in [-0.05, 0) is 37.3 Å². The molecule has 0 aromatic heterocycles. The smallest absolute Gasteiger partial charge is 0.255 e. The van der Waals surface area contributed by atoms with Crippen LogP contribution < -0.4 is 5.43 Å². The van der Waals surface area contributed by atoms with Crippen molar-refractivity contribution in [1.29, 1.82) is 0 Å². The monoisotopic (exact) mass is 567 g/mol. The summed E-state index contributed by atoms with van der Waals surface area (Å²) in [5.74, 6) is -0.614. The lowest BCUT2D eigenvalue weighted by molar-refractivity contribution is -0.121. The molecule has 0 saturated heterocycles. The summed E-state index contributed by atoms with van der Waals surface area (Å²) in [6.45, 7) is 1.19. The van der Waals surface area contributed by atoms with Crippen molar-refractivity contribution >= 4 is 61.3 Å². The van der Waals surface area contributed by atoms with Crippen LogP contribution in [-0.2, 0) is 21.4 Å². The fourth-order valence-corrected chi connectivity index (χ4v) is 5.16. The van der Waals surface area contributed by atoms with Crippen LogP contribution in [0.1, 0.15) is 16.7 Å². The molecular weight excluding hydrogens is 549 g/mol. The number of carbonyl (C=O) groups is 1. The van der Waals surface area contributed by atoms with Gasteiger partial charge in [0, 0.05) is 32.2 Å². The number of benzene rings is 3. The zero-order valence-corrected chi connectivity index (χ0v) is 21.4. The van der Waals surface area contributed by atoms with Crippen molar-refractivity contribution in [2.24, 2.45) is 5.10 Å². The summed E-state index contributed by atoms with van der Waals surface area (Å²) >= 11 is 15.9. The van der Waals surface area contributed by atoms with Gasteiger partial charge >= 0.3 is 0 Å². The Bertz CT molecular complexity index is 1260. The lowest BCUT2D eigenvalue weighted by Gasteiger charge is -2.22. The van der Waals surface area contributed by atoms with E-state index in [1.165, 1.54) is 18.3 Å². The minimum Gasteiger partial charge on any atom is -0.272 e. The lowest BCUT2D eigenvalue weighted by atomic mass is 10.2. The first kappa shape index (κ1) is 25.4. The molecule has 0 aliphatic heterocycles. The molecule has 3 rings (SSSR count). The summed E-state index contributed by atoms with van der Waals surface area (Å²) in [7, 11) is -4.03. The van der Waals surface area contributed by atoms with Gasteiger partial charge in [-0.25, -0.2) is 13.8 Å². The fourth-order valence-electron chi connectivity index (χ4n) is 2.89. The van der Waals surface area contributed by atoms with Gasteiger partial charge in [0.25, 0.3) is 5.91 Å². The Kier molecular flexibility index (Phi) is 8.67. The van der Waals surface area contributed by atoms with Crippen LogP contribution >= 0.6 is 39.1 Å². The van der Waals surface area contributed by atoms with E-state index >= 15 is 0 Å². The zero-order chi connectivity index (χ0) is 24.0. The number of halogens is 3. The molecule has 1 N–H and O–H groups in total. The van der Waals surface area contributed by atoms with Gasteiger partial charge in [-0.3, -0.25) is 4.79 Å². The normalized spacial score (nSPS) is 11.8. The first-order valence-electron chi connectivity index (χ1n) is 9.74. The standard InChI is InChI=1S/C23H20BrCl2N3O3S/c1-16-9-11-18(12-10-16)33(31,32)29(14-19-21(25)7-4-8-22(19)26)15-23(30)28-27-13-17-5-2-3-6-20(17)24/h2-13H,14-15H2,1H3,(H,28,30)/b27-13-. The molecule has 0 fully saturated rings. The molecule has 0 unspecified atom stereocenters. The van der Waals surface area contributed by atoms with Crippen LogP contribution in [0.15, 0.2) is 81.2 Å². The molecule has 0 spiro atoms. The van der Waals surface area contributed by atoms with Gasteiger partial charge in [0.2, 0.25) is 10.0 Å². The van der Waals surface area contributed by atoms with Crippen molar-refractivity contribution in [3.8, 4) is 0 Å². The van der Waals surface area contributed by atoms with E-state index in [-0.39, 0.29) is 11.4 Å². The summed E-state index contributed by atoms with van der Waals surface area (Å²) in [5.41, 5.74) is 4.44. The number of rotatable bonds is 8. The number of sulfonamides is 1. The predicted octanol–water partition coefficient (Wildman–Crippen LogP) is 5.41. The van der Waals surface area contributed by atoms with Crippen molar-refractivity contribution in [1.82, 2.24) is 9.73 Å². The number of nitrogens with one attached hydrogen (secondary N) is 1. The summed E-state index contributed by atoms with van der Waals surface area (Å²) in [4.78, 5) is 12.7. The number of hydrogen-bond acceptors (Lipinski definition) is 4. The van der Waals surface area contributed by atoms with E-state index < -0.39 is 22.5 Å². The molecule has 6 nitrogen and oxygen atoms in total. The first-order chi connectivity index (χ1) is 15.7.